The molecule has 1 aliphatic carbocycles. The molecular weight excluding hydrogens is 563 g/mol. The molecule has 1 aliphatic rings. The third-order valence-corrected chi connectivity index (χ3v) is 7.75. The van der Waals surface area contributed by atoms with Gasteiger partial charge in [0.25, 0.3) is 5.91 Å². The van der Waals surface area contributed by atoms with E-state index in [2.05, 4.69) is 15.7 Å². The van der Waals surface area contributed by atoms with Gasteiger partial charge in [-0.2, -0.15) is 0 Å². The summed E-state index contributed by atoms with van der Waals surface area (Å²) in [6, 6.07) is 10.0. The molecule has 1 saturated carbocycles. The van der Waals surface area contributed by atoms with Crippen molar-refractivity contribution >= 4 is 40.5 Å². The summed E-state index contributed by atoms with van der Waals surface area (Å²) in [6.45, 7) is 6.36. The summed E-state index contributed by atoms with van der Waals surface area (Å²) in [5, 5.41) is 3.47. The highest BCUT2D eigenvalue weighted by Crippen LogP contribution is 2.48. The first-order valence-electron chi connectivity index (χ1n) is 14.2. The maximum atomic E-state index is 13.6. The molecule has 1 amide bonds. The number of esters is 1. The van der Waals surface area contributed by atoms with E-state index in [1.165, 1.54) is 17.7 Å². The third kappa shape index (κ3) is 8.03. The monoisotopic (exact) mass is 602 g/mol. The van der Waals surface area contributed by atoms with Crippen molar-refractivity contribution in [1.82, 2.24) is 5.32 Å². The molecule has 11 heteroatoms. The molecular formula is C31H39FN2O7S. The largest absolute Gasteiger partial charge is 0.464 e. The van der Waals surface area contributed by atoms with Gasteiger partial charge in [-0.15, -0.1) is 0 Å². The maximum Gasteiger partial charge on any atom is 0.334 e. The van der Waals surface area contributed by atoms with Gasteiger partial charge in [0.05, 0.1) is 57.4 Å². The summed E-state index contributed by atoms with van der Waals surface area (Å²) < 4.78 is 43.7. The van der Waals surface area contributed by atoms with Gasteiger partial charge in [-0.05, 0) is 68.5 Å². The maximum absolute atomic E-state index is 13.6. The number of rotatable bonds is 17. The van der Waals surface area contributed by atoms with E-state index in [0.717, 1.165) is 23.9 Å². The predicted octanol–water partition coefficient (Wildman–Crippen LogP) is 5.56. The molecule has 42 heavy (non-hydrogen) atoms. The van der Waals surface area contributed by atoms with Crippen LogP contribution in [0, 0.1) is 5.82 Å². The SMILES string of the molecule is CCOC(=O)C(C)OCCOCCOCCN(SC)c1cc2oc(-c3ccc(F)cc3)c(C(=O)NC)c2cc1C1CC1. The van der Waals surface area contributed by atoms with Gasteiger partial charge in [-0.1, -0.05) is 11.9 Å². The van der Waals surface area contributed by atoms with Crippen molar-refractivity contribution in [2.45, 2.75) is 38.7 Å². The number of furan rings is 1. The van der Waals surface area contributed by atoms with Crippen LogP contribution in [-0.4, -0.2) is 77.5 Å². The van der Waals surface area contributed by atoms with Crippen LogP contribution in [0.3, 0.4) is 0 Å². The molecule has 0 saturated heterocycles. The first-order chi connectivity index (χ1) is 20.4. The number of amides is 1. The molecule has 0 bridgehead atoms. The first kappa shape index (κ1) is 31.8. The molecule has 2 aromatic carbocycles. The Morgan fingerprint density at radius 3 is 2.43 bits per heavy atom. The Labute approximate surface area is 250 Å². The third-order valence-electron chi connectivity index (χ3n) is 6.93. The predicted molar refractivity (Wildman–Crippen MR) is 162 cm³/mol. The fraction of sp³-hybridized carbons (Fsp3) is 0.484. The van der Waals surface area contributed by atoms with E-state index in [0.29, 0.717) is 74.6 Å². The average molecular weight is 603 g/mol. The van der Waals surface area contributed by atoms with Gasteiger partial charge in [-0.3, -0.25) is 4.79 Å². The Kier molecular flexibility index (Phi) is 11.6. The molecule has 1 heterocycles. The molecule has 1 unspecified atom stereocenters. The second-order valence-corrected chi connectivity index (χ2v) is 10.7. The van der Waals surface area contributed by atoms with E-state index >= 15 is 0 Å². The number of anilines is 1. The van der Waals surface area contributed by atoms with Gasteiger partial charge in [-0.25, -0.2) is 9.18 Å². The zero-order valence-electron chi connectivity index (χ0n) is 24.6. The van der Waals surface area contributed by atoms with Crippen molar-refractivity contribution in [3.05, 3.63) is 53.3 Å². The fourth-order valence-electron chi connectivity index (χ4n) is 4.63. The number of ether oxygens (including phenoxy) is 4. The molecule has 1 aromatic heterocycles. The van der Waals surface area contributed by atoms with E-state index in [1.807, 2.05) is 12.3 Å². The fourth-order valence-corrected chi connectivity index (χ4v) is 5.24. The number of fused-ring (bicyclic) bond motifs is 1. The lowest BCUT2D eigenvalue weighted by molar-refractivity contribution is -0.156. The van der Waals surface area contributed by atoms with E-state index in [9.17, 15) is 14.0 Å². The Balaban J connectivity index is 1.39. The number of halogens is 1. The Morgan fingerprint density at radius 2 is 1.79 bits per heavy atom. The minimum absolute atomic E-state index is 0.250. The van der Waals surface area contributed by atoms with Gasteiger partial charge >= 0.3 is 5.97 Å². The van der Waals surface area contributed by atoms with Crippen LogP contribution >= 0.6 is 11.9 Å². The molecule has 0 radical (unpaired) electrons. The van der Waals surface area contributed by atoms with Gasteiger partial charge in [0, 0.05) is 30.3 Å². The average Bonchev–Trinajstić information content (AvgIpc) is 3.78. The van der Waals surface area contributed by atoms with Crippen molar-refractivity contribution in [2.24, 2.45) is 0 Å². The Hall–Kier alpha value is -3.12. The summed E-state index contributed by atoms with van der Waals surface area (Å²) in [5.74, 6) is -0.143. The first-order valence-corrected chi connectivity index (χ1v) is 15.4. The Morgan fingerprint density at radius 1 is 1.10 bits per heavy atom. The highest BCUT2D eigenvalue weighted by Gasteiger charge is 2.31. The van der Waals surface area contributed by atoms with Crippen LogP contribution < -0.4 is 9.62 Å². The summed E-state index contributed by atoms with van der Waals surface area (Å²) in [5.41, 5.74) is 3.90. The van der Waals surface area contributed by atoms with Crippen LogP contribution in [0.4, 0.5) is 10.1 Å². The lowest BCUT2D eigenvalue weighted by atomic mass is 10.0. The van der Waals surface area contributed by atoms with Crippen LogP contribution in [0.1, 0.15) is 48.5 Å². The number of carbonyl (C=O) groups excluding carboxylic acids is 2. The van der Waals surface area contributed by atoms with Gasteiger partial charge in [0.15, 0.2) is 6.10 Å². The zero-order chi connectivity index (χ0) is 30.1. The smallest absolute Gasteiger partial charge is 0.334 e. The van der Waals surface area contributed by atoms with Gasteiger partial charge < -0.3 is 33.0 Å². The highest BCUT2D eigenvalue weighted by molar-refractivity contribution is 7.99. The molecule has 9 nitrogen and oxygen atoms in total. The second-order valence-electron chi connectivity index (χ2n) is 9.85. The number of nitrogens with zero attached hydrogens (tertiary/aromatic N) is 1. The van der Waals surface area contributed by atoms with Crippen molar-refractivity contribution in [2.75, 3.05) is 63.8 Å². The Bertz CT molecular complexity index is 1340. The minimum atomic E-state index is -0.617. The van der Waals surface area contributed by atoms with Crippen molar-refractivity contribution in [3.8, 4) is 11.3 Å². The standard InChI is InChI=1S/C31H39FN2O7S/c1-5-39-31(36)20(2)40-17-16-38-15-14-37-13-12-34(42-4)26-19-27-25(18-24(26)21-6-7-21)28(30(35)33-3)29(41-27)22-8-10-23(32)11-9-22/h8-11,18-21H,5-7,12-17H2,1-4H3,(H,33,35). The lowest BCUT2D eigenvalue weighted by Gasteiger charge is -2.24. The summed E-state index contributed by atoms with van der Waals surface area (Å²) in [4.78, 5) is 24.5. The molecule has 1 fully saturated rings. The number of hydrogen-bond donors (Lipinski definition) is 1. The van der Waals surface area contributed by atoms with Crippen LogP contribution in [0.2, 0.25) is 0 Å². The van der Waals surface area contributed by atoms with Crippen LogP contribution in [0.15, 0.2) is 40.8 Å². The number of benzene rings is 2. The number of carbonyl (C=O) groups is 2. The lowest BCUT2D eigenvalue weighted by Crippen LogP contribution is -2.25. The normalized spacial score (nSPS) is 13.7. The van der Waals surface area contributed by atoms with Crippen molar-refractivity contribution in [3.63, 3.8) is 0 Å². The second kappa shape index (κ2) is 15.4. The van der Waals surface area contributed by atoms with Crippen LogP contribution in [0.5, 0.6) is 0 Å². The van der Waals surface area contributed by atoms with Crippen LogP contribution in [0.25, 0.3) is 22.3 Å². The summed E-state index contributed by atoms with van der Waals surface area (Å²) >= 11 is 1.60. The van der Waals surface area contributed by atoms with Gasteiger partial charge in [0.1, 0.15) is 17.2 Å². The topological polar surface area (TPSA) is 99.5 Å². The van der Waals surface area contributed by atoms with E-state index < -0.39 is 6.10 Å². The quantitative estimate of drug-likeness (QED) is 0.121. The molecule has 0 spiro atoms. The van der Waals surface area contributed by atoms with E-state index in [-0.39, 0.29) is 17.7 Å². The molecule has 0 aliphatic heterocycles. The van der Waals surface area contributed by atoms with Crippen molar-refractivity contribution < 1.29 is 37.3 Å². The number of nitrogens with one attached hydrogen (secondary N) is 1. The molecule has 4 rings (SSSR count). The highest BCUT2D eigenvalue weighted by atomic mass is 32.2. The van der Waals surface area contributed by atoms with Crippen LogP contribution in [-0.2, 0) is 23.7 Å². The minimum Gasteiger partial charge on any atom is -0.464 e. The summed E-state index contributed by atoms with van der Waals surface area (Å²) in [6.07, 6.45) is 3.58. The van der Waals surface area contributed by atoms with E-state index in [1.54, 1.807) is 45.0 Å². The van der Waals surface area contributed by atoms with Crippen molar-refractivity contribution in [1.29, 1.82) is 0 Å². The van der Waals surface area contributed by atoms with Gasteiger partial charge in [0.2, 0.25) is 0 Å². The van der Waals surface area contributed by atoms with E-state index in [4.69, 9.17) is 23.4 Å². The molecule has 3 aromatic rings. The number of hydrogen-bond acceptors (Lipinski definition) is 9. The zero-order valence-corrected chi connectivity index (χ0v) is 25.4. The molecule has 1 N–H and O–H groups in total. The summed E-state index contributed by atoms with van der Waals surface area (Å²) in [7, 11) is 1.59. The molecule has 228 valence electrons. The molecule has 1 atom stereocenters.